The molecule has 0 amide bonds. The van der Waals surface area contributed by atoms with Gasteiger partial charge in [-0.1, -0.05) is 42.5 Å². The molecule has 4 rings (SSSR count). The van der Waals surface area contributed by atoms with Crippen LogP contribution in [0.3, 0.4) is 0 Å². The van der Waals surface area contributed by atoms with Crippen LogP contribution >= 0.6 is 0 Å². The van der Waals surface area contributed by atoms with Gasteiger partial charge in [-0.3, -0.25) is 0 Å². The number of aryl methyl sites for hydroxylation is 4. The van der Waals surface area contributed by atoms with Gasteiger partial charge in [0.05, 0.1) is 12.4 Å². The summed E-state index contributed by atoms with van der Waals surface area (Å²) in [5.74, 6) is 0. The Morgan fingerprint density at radius 2 is 1.75 bits per heavy atom. The lowest BCUT2D eigenvalue weighted by atomic mass is 9.87. The second kappa shape index (κ2) is 6.27. The Bertz CT molecular complexity index is 860. The lowest BCUT2D eigenvalue weighted by Crippen LogP contribution is -2.15. The normalized spacial score (nSPS) is 15.1. The van der Waals surface area contributed by atoms with Crippen LogP contribution < -0.4 is 0 Å². The third kappa shape index (κ3) is 2.66. The van der Waals surface area contributed by atoms with Crippen molar-refractivity contribution >= 4 is 0 Å². The molecule has 1 unspecified atom stereocenters. The van der Waals surface area contributed by atoms with Gasteiger partial charge < -0.3 is 4.57 Å². The van der Waals surface area contributed by atoms with E-state index < -0.39 is 0 Å². The first kappa shape index (κ1) is 15.2. The summed E-state index contributed by atoms with van der Waals surface area (Å²) in [5.41, 5.74) is 8.32. The number of hydrogen-bond donors (Lipinski definition) is 0. The Morgan fingerprint density at radius 3 is 2.50 bits per heavy atom. The quantitative estimate of drug-likeness (QED) is 0.663. The van der Waals surface area contributed by atoms with Crippen LogP contribution in [0.4, 0.5) is 0 Å². The Hall–Kier alpha value is -2.35. The fourth-order valence-corrected chi connectivity index (χ4v) is 3.95. The van der Waals surface area contributed by atoms with Crippen molar-refractivity contribution in [2.45, 2.75) is 45.6 Å². The second-order valence-electron chi connectivity index (χ2n) is 6.94. The number of rotatable bonds is 3. The average molecular weight is 316 g/mol. The molecule has 0 saturated heterocycles. The fraction of sp³-hybridized carbons (Fsp3) is 0.318. The summed E-state index contributed by atoms with van der Waals surface area (Å²) in [5, 5.41) is 0. The molecule has 1 atom stereocenters. The van der Waals surface area contributed by atoms with Crippen molar-refractivity contribution in [3.8, 4) is 0 Å². The van der Waals surface area contributed by atoms with Crippen molar-refractivity contribution in [2.24, 2.45) is 0 Å². The Balaban J connectivity index is 1.88. The second-order valence-corrected chi connectivity index (χ2v) is 6.94. The monoisotopic (exact) mass is 316 g/mol. The molecule has 2 heteroatoms. The minimum atomic E-state index is 0.195. The van der Waals surface area contributed by atoms with Crippen molar-refractivity contribution in [3.63, 3.8) is 0 Å². The summed E-state index contributed by atoms with van der Waals surface area (Å²) in [6.07, 6.45) is 9.00. The zero-order valence-corrected chi connectivity index (χ0v) is 14.5. The summed E-state index contributed by atoms with van der Waals surface area (Å²) in [6, 6.07) is 16.0. The van der Waals surface area contributed by atoms with E-state index >= 15 is 0 Å². The predicted molar refractivity (Wildman–Crippen MR) is 98.5 cm³/mol. The van der Waals surface area contributed by atoms with Crippen LogP contribution in [-0.2, 0) is 12.8 Å². The molecule has 0 aliphatic heterocycles. The van der Waals surface area contributed by atoms with E-state index in [1.165, 1.54) is 59.2 Å². The highest BCUT2D eigenvalue weighted by atomic mass is 15.1. The summed E-state index contributed by atoms with van der Waals surface area (Å²) in [7, 11) is 0. The van der Waals surface area contributed by atoms with Crippen LogP contribution in [0.15, 0.2) is 55.0 Å². The average Bonchev–Trinajstić information content (AvgIpc) is 3.03. The molecule has 1 aliphatic carbocycles. The molecule has 1 aromatic heterocycles. The maximum atomic E-state index is 4.37. The smallest absolute Gasteiger partial charge is 0.0956 e. The number of aromatic nitrogens is 2. The van der Waals surface area contributed by atoms with E-state index in [1.54, 1.807) is 0 Å². The first-order chi connectivity index (χ1) is 11.7. The molecule has 0 bridgehead atoms. The molecule has 0 radical (unpaired) electrons. The van der Waals surface area contributed by atoms with Gasteiger partial charge in [0.1, 0.15) is 0 Å². The SMILES string of the molecule is Cc1ccccc1C(c1ccc2c(c1)CCCC2)n1cncc1C. The van der Waals surface area contributed by atoms with E-state index in [9.17, 15) is 0 Å². The Labute approximate surface area is 144 Å². The van der Waals surface area contributed by atoms with Crippen molar-refractivity contribution < 1.29 is 0 Å². The molecule has 1 aliphatic rings. The molecule has 1 heterocycles. The minimum absolute atomic E-state index is 0.195. The summed E-state index contributed by atoms with van der Waals surface area (Å²) >= 11 is 0. The molecule has 2 aromatic carbocycles. The third-order valence-electron chi connectivity index (χ3n) is 5.31. The summed E-state index contributed by atoms with van der Waals surface area (Å²) < 4.78 is 2.30. The van der Waals surface area contributed by atoms with Crippen LogP contribution in [0.5, 0.6) is 0 Å². The van der Waals surface area contributed by atoms with Gasteiger partial charge >= 0.3 is 0 Å². The van der Waals surface area contributed by atoms with Crippen molar-refractivity contribution in [2.75, 3.05) is 0 Å². The lowest BCUT2D eigenvalue weighted by molar-refractivity contribution is 0.646. The van der Waals surface area contributed by atoms with Gasteiger partial charge in [-0.15, -0.1) is 0 Å². The van der Waals surface area contributed by atoms with Crippen LogP contribution in [0.2, 0.25) is 0 Å². The highest BCUT2D eigenvalue weighted by Gasteiger charge is 2.21. The highest BCUT2D eigenvalue weighted by molar-refractivity contribution is 5.42. The Kier molecular flexibility index (Phi) is 3.97. The number of hydrogen-bond acceptors (Lipinski definition) is 1. The van der Waals surface area contributed by atoms with E-state index in [0.717, 1.165) is 0 Å². The summed E-state index contributed by atoms with van der Waals surface area (Å²) in [6.45, 7) is 4.34. The highest BCUT2D eigenvalue weighted by Crippen LogP contribution is 2.32. The minimum Gasteiger partial charge on any atom is -0.323 e. The van der Waals surface area contributed by atoms with E-state index in [4.69, 9.17) is 0 Å². The van der Waals surface area contributed by atoms with Crippen LogP contribution in [0, 0.1) is 13.8 Å². The number of nitrogens with zero attached hydrogens (tertiary/aromatic N) is 2. The molecule has 0 spiro atoms. The number of imidazole rings is 1. The van der Waals surface area contributed by atoms with Crippen LogP contribution in [0.1, 0.15) is 52.4 Å². The van der Waals surface area contributed by atoms with Gasteiger partial charge in [-0.05, 0) is 67.3 Å². The zero-order chi connectivity index (χ0) is 16.5. The first-order valence-electron chi connectivity index (χ1n) is 8.89. The van der Waals surface area contributed by atoms with Gasteiger partial charge in [0.25, 0.3) is 0 Å². The van der Waals surface area contributed by atoms with E-state index in [1.807, 2.05) is 12.5 Å². The third-order valence-corrected chi connectivity index (χ3v) is 5.31. The van der Waals surface area contributed by atoms with Crippen molar-refractivity contribution in [3.05, 3.63) is 88.5 Å². The molecule has 24 heavy (non-hydrogen) atoms. The molecule has 0 N–H and O–H groups in total. The maximum absolute atomic E-state index is 4.37. The Morgan fingerprint density at radius 1 is 0.958 bits per heavy atom. The van der Waals surface area contributed by atoms with Gasteiger partial charge in [-0.2, -0.15) is 0 Å². The fourth-order valence-electron chi connectivity index (χ4n) is 3.95. The van der Waals surface area contributed by atoms with E-state index in [-0.39, 0.29) is 6.04 Å². The summed E-state index contributed by atoms with van der Waals surface area (Å²) in [4.78, 5) is 4.37. The van der Waals surface area contributed by atoms with Crippen molar-refractivity contribution in [1.82, 2.24) is 9.55 Å². The van der Waals surface area contributed by atoms with Gasteiger partial charge in [-0.25, -0.2) is 4.98 Å². The molecular formula is C22H24N2. The standard InChI is InChI=1S/C22H24N2/c1-16-7-3-6-10-21(16)22(24-15-23-14-17(24)2)20-12-11-18-8-4-5-9-19(18)13-20/h3,6-7,10-15,22H,4-5,8-9H2,1-2H3. The van der Waals surface area contributed by atoms with Gasteiger partial charge in [0.2, 0.25) is 0 Å². The zero-order valence-electron chi connectivity index (χ0n) is 14.5. The molecule has 2 nitrogen and oxygen atoms in total. The topological polar surface area (TPSA) is 17.8 Å². The van der Waals surface area contributed by atoms with Crippen molar-refractivity contribution in [1.29, 1.82) is 0 Å². The first-order valence-corrected chi connectivity index (χ1v) is 8.89. The largest absolute Gasteiger partial charge is 0.323 e. The lowest BCUT2D eigenvalue weighted by Gasteiger charge is -2.25. The van der Waals surface area contributed by atoms with Crippen LogP contribution in [-0.4, -0.2) is 9.55 Å². The molecule has 122 valence electrons. The molecule has 0 fully saturated rings. The maximum Gasteiger partial charge on any atom is 0.0956 e. The molecule has 3 aromatic rings. The molecule has 0 saturated carbocycles. The molecular weight excluding hydrogens is 292 g/mol. The van der Waals surface area contributed by atoms with E-state index in [0.29, 0.717) is 0 Å². The van der Waals surface area contributed by atoms with E-state index in [2.05, 4.69) is 65.9 Å². The predicted octanol–water partition coefficient (Wildman–Crippen LogP) is 5.02. The van der Waals surface area contributed by atoms with Crippen LogP contribution in [0.25, 0.3) is 0 Å². The number of benzene rings is 2. The van der Waals surface area contributed by atoms with Gasteiger partial charge in [0.15, 0.2) is 0 Å². The number of fused-ring (bicyclic) bond motifs is 1. The van der Waals surface area contributed by atoms with Gasteiger partial charge in [0, 0.05) is 11.9 Å².